The maximum absolute atomic E-state index is 11.5. The minimum atomic E-state index is -0.339. The minimum Gasteiger partial charge on any atom is -0.466 e. The predicted octanol–water partition coefficient (Wildman–Crippen LogP) is 2.41. The van der Waals surface area contributed by atoms with Gasteiger partial charge in [0.25, 0.3) is 0 Å². The molecule has 4 nitrogen and oxygen atoms in total. The quantitative estimate of drug-likeness (QED) is 0.821. The average molecular weight is 314 g/mol. The zero-order chi connectivity index (χ0) is 13.4. The van der Waals surface area contributed by atoms with Crippen LogP contribution in [-0.2, 0) is 20.9 Å². The molecular weight excluding hydrogens is 298 g/mol. The number of amides is 1. The molecule has 0 spiro atoms. The van der Waals surface area contributed by atoms with E-state index >= 15 is 0 Å². The van der Waals surface area contributed by atoms with Gasteiger partial charge in [0.1, 0.15) is 0 Å². The van der Waals surface area contributed by atoms with Crippen molar-refractivity contribution in [3.8, 4) is 0 Å². The van der Waals surface area contributed by atoms with Gasteiger partial charge in [-0.1, -0.05) is 34.1 Å². The number of halogens is 1. The number of carbonyl (C=O) groups excluding carboxylic acids is 2. The van der Waals surface area contributed by atoms with E-state index in [0.29, 0.717) is 13.2 Å². The molecule has 0 aromatic heterocycles. The van der Waals surface area contributed by atoms with Crippen molar-refractivity contribution in [3.05, 3.63) is 34.3 Å². The minimum absolute atomic E-state index is 0.121. The SMILES string of the molecule is CCOC(=O)CCC(=O)NCc1ccccc1Br. The van der Waals surface area contributed by atoms with Crippen LogP contribution in [0, 0.1) is 0 Å². The number of ether oxygens (including phenoxy) is 1. The second-order valence-electron chi connectivity index (χ2n) is 3.67. The highest BCUT2D eigenvalue weighted by Crippen LogP contribution is 2.15. The number of hydrogen-bond acceptors (Lipinski definition) is 3. The standard InChI is InChI=1S/C13H16BrNO3/c1-2-18-13(17)8-7-12(16)15-9-10-5-3-4-6-11(10)14/h3-6H,2,7-9H2,1H3,(H,15,16). The van der Waals surface area contributed by atoms with Crippen molar-refractivity contribution in [3.63, 3.8) is 0 Å². The number of carbonyl (C=O) groups is 2. The summed E-state index contributed by atoms with van der Waals surface area (Å²) in [7, 11) is 0. The highest BCUT2D eigenvalue weighted by Gasteiger charge is 2.07. The summed E-state index contributed by atoms with van der Waals surface area (Å²) in [5.74, 6) is -0.493. The van der Waals surface area contributed by atoms with Crippen LogP contribution in [0.15, 0.2) is 28.7 Å². The van der Waals surface area contributed by atoms with E-state index in [9.17, 15) is 9.59 Å². The topological polar surface area (TPSA) is 55.4 Å². The van der Waals surface area contributed by atoms with Crippen LogP contribution in [0.5, 0.6) is 0 Å². The van der Waals surface area contributed by atoms with Crippen LogP contribution in [0.2, 0.25) is 0 Å². The van der Waals surface area contributed by atoms with Crippen LogP contribution >= 0.6 is 15.9 Å². The Kier molecular flexibility index (Phi) is 6.43. The van der Waals surface area contributed by atoms with Gasteiger partial charge < -0.3 is 10.1 Å². The third-order valence-electron chi connectivity index (χ3n) is 2.30. The van der Waals surface area contributed by atoms with Crippen molar-refractivity contribution in [2.45, 2.75) is 26.3 Å². The van der Waals surface area contributed by atoms with Crippen LogP contribution in [0.1, 0.15) is 25.3 Å². The Bertz CT molecular complexity index is 420. The lowest BCUT2D eigenvalue weighted by Crippen LogP contribution is -2.23. The summed E-state index contributed by atoms with van der Waals surface area (Å²) >= 11 is 3.40. The van der Waals surface area contributed by atoms with Crippen molar-refractivity contribution in [1.82, 2.24) is 5.32 Å². The Balaban J connectivity index is 2.29. The summed E-state index contributed by atoms with van der Waals surface area (Å²) in [6.45, 7) is 2.53. The summed E-state index contributed by atoms with van der Waals surface area (Å²) in [4.78, 5) is 22.6. The lowest BCUT2D eigenvalue weighted by molar-refractivity contribution is -0.144. The van der Waals surface area contributed by atoms with Gasteiger partial charge in [-0.05, 0) is 18.6 Å². The van der Waals surface area contributed by atoms with Gasteiger partial charge in [0.05, 0.1) is 13.0 Å². The van der Waals surface area contributed by atoms with E-state index in [0.717, 1.165) is 10.0 Å². The molecule has 0 unspecified atom stereocenters. The smallest absolute Gasteiger partial charge is 0.306 e. The van der Waals surface area contributed by atoms with Crippen molar-refractivity contribution in [2.75, 3.05) is 6.61 Å². The highest BCUT2D eigenvalue weighted by molar-refractivity contribution is 9.10. The molecule has 0 aliphatic heterocycles. The average Bonchev–Trinajstić information content (AvgIpc) is 2.36. The molecule has 0 saturated carbocycles. The zero-order valence-corrected chi connectivity index (χ0v) is 11.8. The number of hydrogen-bond donors (Lipinski definition) is 1. The first-order chi connectivity index (χ1) is 8.63. The van der Waals surface area contributed by atoms with E-state index in [2.05, 4.69) is 21.2 Å². The lowest BCUT2D eigenvalue weighted by atomic mass is 10.2. The van der Waals surface area contributed by atoms with Crippen molar-refractivity contribution >= 4 is 27.8 Å². The molecule has 1 rings (SSSR count). The molecule has 0 aliphatic carbocycles. The molecule has 98 valence electrons. The summed E-state index contributed by atoms with van der Waals surface area (Å²) in [5, 5.41) is 2.76. The molecule has 1 aromatic carbocycles. The molecule has 0 aliphatic rings. The maximum atomic E-state index is 11.5. The second kappa shape index (κ2) is 7.87. The van der Waals surface area contributed by atoms with Gasteiger partial charge in [-0.15, -0.1) is 0 Å². The molecule has 0 atom stereocenters. The molecule has 0 saturated heterocycles. The molecule has 0 fully saturated rings. The summed E-state index contributed by atoms with van der Waals surface area (Å²) < 4.78 is 5.70. The summed E-state index contributed by atoms with van der Waals surface area (Å²) in [5.41, 5.74) is 1.00. The molecule has 5 heteroatoms. The predicted molar refractivity (Wildman–Crippen MR) is 71.9 cm³/mol. The maximum Gasteiger partial charge on any atom is 0.306 e. The van der Waals surface area contributed by atoms with Gasteiger partial charge in [0.2, 0.25) is 5.91 Å². The number of nitrogens with one attached hydrogen (secondary N) is 1. The van der Waals surface area contributed by atoms with E-state index in [1.165, 1.54) is 0 Å². The molecular formula is C13H16BrNO3. The lowest BCUT2D eigenvalue weighted by Gasteiger charge is -2.06. The van der Waals surface area contributed by atoms with E-state index in [-0.39, 0.29) is 24.7 Å². The van der Waals surface area contributed by atoms with Gasteiger partial charge in [-0.3, -0.25) is 9.59 Å². The Morgan fingerprint density at radius 1 is 1.28 bits per heavy atom. The van der Waals surface area contributed by atoms with Gasteiger partial charge >= 0.3 is 5.97 Å². The fourth-order valence-electron chi connectivity index (χ4n) is 1.37. The molecule has 1 aromatic rings. The normalized spacial score (nSPS) is 9.89. The largest absolute Gasteiger partial charge is 0.466 e. The molecule has 1 N–H and O–H groups in total. The Morgan fingerprint density at radius 2 is 2.00 bits per heavy atom. The van der Waals surface area contributed by atoms with Crippen molar-refractivity contribution in [2.24, 2.45) is 0 Å². The van der Waals surface area contributed by atoms with Crippen LogP contribution in [0.4, 0.5) is 0 Å². The molecule has 1 amide bonds. The fourth-order valence-corrected chi connectivity index (χ4v) is 1.80. The van der Waals surface area contributed by atoms with E-state index in [1.54, 1.807) is 6.92 Å². The fraction of sp³-hybridized carbons (Fsp3) is 0.385. The molecule has 0 radical (unpaired) electrons. The van der Waals surface area contributed by atoms with E-state index in [4.69, 9.17) is 4.74 Å². The van der Waals surface area contributed by atoms with Gasteiger partial charge in [0.15, 0.2) is 0 Å². The number of esters is 1. The third kappa shape index (κ3) is 5.31. The van der Waals surface area contributed by atoms with Crippen LogP contribution < -0.4 is 5.32 Å². The van der Waals surface area contributed by atoms with Crippen LogP contribution in [0.3, 0.4) is 0 Å². The first-order valence-corrected chi connectivity index (χ1v) is 6.58. The molecule has 18 heavy (non-hydrogen) atoms. The number of rotatable bonds is 6. The van der Waals surface area contributed by atoms with Gasteiger partial charge in [-0.25, -0.2) is 0 Å². The highest BCUT2D eigenvalue weighted by atomic mass is 79.9. The zero-order valence-electron chi connectivity index (χ0n) is 10.2. The third-order valence-corrected chi connectivity index (χ3v) is 3.07. The number of benzene rings is 1. The van der Waals surface area contributed by atoms with Gasteiger partial charge in [0, 0.05) is 17.4 Å². The van der Waals surface area contributed by atoms with E-state index < -0.39 is 0 Å². The van der Waals surface area contributed by atoms with Crippen LogP contribution in [-0.4, -0.2) is 18.5 Å². The monoisotopic (exact) mass is 313 g/mol. The molecule has 0 heterocycles. The Labute approximate surface area is 115 Å². The Morgan fingerprint density at radius 3 is 2.67 bits per heavy atom. The summed E-state index contributed by atoms with van der Waals surface area (Å²) in [6, 6.07) is 7.66. The first kappa shape index (κ1) is 14.7. The van der Waals surface area contributed by atoms with Crippen molar-refractivity contribution < 1.29 is 14.3 Å². The second-order valence-corrected chi connectivity index (χ2v) is 4.53. The van der Waals surface area contributed by atoms with E-state index in [1.807, 2.05) is 24.3 Å². The molecule has 0 bridgehead atoms. The first-order valence-electron chi connectivity index (χ1n) is 5.79. The van der Waals surface area contributed by atoms with Gasteiger partial charge in [-0.2, -0.15) is 0 Å². The van der Waals surface area contributed by atoms with Crippen molar-refractivity contribution in [1.29, 1.82) is 0 Å². The Hall–Kier alpha value is -1.36. The summed E-state index contributed by atoms with van der Waals surface area (Å²) in [6.07, 6.45) is 0.277. The van der Waals surface area contributed by atoms with Crippen LogP contribution in [0.25, 0.3) is 0 Å².